The lowest BCUT2D eigenvalue weighted by Crippen LogP contribution is -2.27. The Hall–Kier alpha value is -0.920. The van der Waals surface area contributed by atoms with Crippen molar-refractivity contribution in [1.82, 2.24) is 0 Å². The number of Topliss-reactive ketones (excluding diaryl/α,β-unsaturated/α-hetero) is 2. The van der Waals surface area contributed by atoms with Crippen LogP contribution in [0.5, 0.6) is 0 Å². The van der Waals surface area contributed by atoms with Gasteiger partial charge < -0.3 is 0 Å². The number of ketones is 2. The van der Waals surface area contributed by atoms with Gasteiger partial charge in [-0.2, -0.15) is 0 Å². The number of allylic oxidation sites excluding steroid dienone is 2. The van der Waals surface area contributed by atoms with Crippen LogP contribution in [0.25, 0.3) is 0 Å². The first-order valence-corrected chi connectivity index (χ1v) is 4.52. The van der Waals surface area contributed by atoms with Gasteiger partial charge >= 0.3 is 0 Å². The van der Waals surface area contributed by atoms with Gasteiger partial charge in [-0.25, -0.2) is 0 Å². The average molecular weight is 164 g/mol. The molecule has 0 heterocycles. The van der Waals surface area contributed by atoms with Crippen molar-refractivity contribution < 1.29 is 9.59 Å². The van der Waals surface area contributed by atoms with E-state index in [1.807, 2.05) is 6.08 Å². The van der Waals surface area contributed by atoms with Crippen LogP contribution in [-0.2, 0) is 9.59 Å². The van der Waals surface area contributed by atoms with Crippen molar-refractivity contribution in [2.24, 2.45) is 5.92 Å². The summed E-state index contributed by atoms with van der Waals surface area (Å²) in [6, 6.07) is 0. The molecule has 0 aliphatic heterocycles. The highest BCUT2D eigenvalue weighted by atomic mass is 16.1. The molecule has 0 saturated heterocycles. The summed E-state index contributed by atoms with van der Waals surface area (Å²) in [5.41, 5.74) is 0.945. The molecule has 64 valence electrons. The van der Waals surface area contributed by atoms with Gasteiger partial charge in [-0.15, -0.1) is 0 Å². The second kappa shape index (κ2) is 2.85. The monoisotopic (exact) mass is 164 g/mol. The zero-order valence-electron chi connectivity index (χ0n) is 7.01. The van der Waals surface area contributed by atoms with Gasteiger partial charge in [0.1, 0.15) is 5.78 Å². The maximum Gasteiger partial charge on any atom is 0.166 e. The summed E-state index contributed by atoms with van der Waals surface area (Å²) in [5, 5.41) is 0. The number of carbonyl (C=O) groups excluding carboxylic acids is 2. The zero-order chi connectivity index (χ0) is 8.55. The van der Waals surface area contributed by atoms with Crippen LogP contribution in [0, 0.1) is 5.92 Å². The molecular formula is C10H12O2. The first kappa shape index (κ1) is 7.71. The first-order valence-electron chi connectivity index (χ1n) is 4.52. The first-order chi connectivity index (χ1) is 5.77. The van der Waals surface area contributed by atoms with Crippen molar-refractivity contribution >= 4 is 11.6 Å². The molecule has 0 bridgehead atoms. The minimum Gasteiger partial charge on any atom is -0.299 e. The fourth-order valence-corrected chi connectivity index (χ4v) is 2.13. The van der Waals surface area contributed by atoms with Crippen molar-refractivity contribution in [1.29, 1.82) is 0 Å². The molecule has 1 saturated carbocycles. The smallest absolute Gasteiger partial charge is 0.166 e. The molecule has 0 radical (unpaired) electrons. The molecule has 1 unspecified atom stereocenters. The Bertz CT molecular complexity index is 263. The van der Waals surface area contributed by atoms with Gasteiger partial charge in [0, 0.05) is 6.42 Å². The lowest BCUT2D eigenvalue weighted by Gasteiger charge is -2.26. The third-order valence-corrected chi connectivity index (χ3v) is 2.71. The number of carbonyl (C=O) groups is 2. The molecular weight excluding hydrogens is 152 g/mol. The van der Waals surface area contributed by atoms with Crippen LogP contribution in [0.4, 0.5) is 0 Å². The minimum atomic E-state index is 0.0796. The Morgan fingerprint density at radius 2 is 2.17 bits per heavy atom. The Balaban J connectivity index is 2.25. The van der Waals surface area contributed by atoms with Crippen LogP contribution < -0.4 is 0 Å². The molecule has 2 nitrogen and oxygen atoms in total. The highest BCUT2D eigenvalue weighted by molar-refractivity contribution is 6.10. The lowest BCUT2D eigenvalue weighted by molar-refractivity contribution is -0.128. The molecule has 2 heteroatoms. The quantitative estimate of drug-likeness (QED) is 0.510. The molecule has 1 fully saturated rings. The summed E-state index contributed by atoms with van der Waals surface area (Å²) >= 11 is 0. The molecule has 0 N–H and O–H groups in total. The standard InChI is InChI=1S/C10H12O2/c11-8-5-7-3-1-2-4-9(7)10(12)6-8/h4,7H,1-3,5-6H2. The fourth-order valence-electron chi connectivity index (χ4n) is 2.13. The molecule has 1 atom stereocenters. The van der Waals surface area contributed by atoms with Gasteiger partial charge in [-0.3, -0.25) is 9.59 Å². The molecule has 2 aliphatic carbocycles. The summed E-state index contributed by atoms with van der Waals surface area (Å²) in [6.07, 6.45) is 5.98. The second-order valence-electron chi connectivity index (χ2n) is 3.63. The molecule has 0 aromatic carbocycles. The van der Waals surface area contributed by atoms with Gasteiger partial charge in [0.2, 0.25) is 0 Å². The summed E-state index contributed by atoms with van der Waals surface area (Å²) in [5.74, 6) is 0.479. The Labute approximate surface area is 71.6 Å². The lowest BCUT2D eigenvalue weighted by atomic mass is 9.76. The van der Waals surface area contributed by atoms with Crippen LogP contribution in [0.2, 0.25) is 0 Å². The average Bonchev–Trinajstić information content (AvgIpc) is 2.04. The Morgan fingerprint density at radius 3 is 3.00 bits per heavy atom. The summed E-state index contributed by atoms with van der Waals surface area (Å²) < 4.78 is 0. The highest BCUT2D eigenvalue weighted by Crippen LogP contribution is 2.32. The number of rotatable bonds is 0. The molecule has 2 rings (SSSR count). The van der Waals surface area contributed by atoms with Crippen molar-refractivity contribution in [2.75, 3.05) is 0 Å². The Kier molecular flexibility index (Phi) is 1.83. The normalized spacial score (nSPS) is 29.7. The number of fused-ring (bicyclic) bond motifs is 1. The third-order valence-electron chi connectivity index (χ3n) is 2.71. The van der Waals surface area contributed by atoms with Crippen LogP contribution >= 0.6 is 0 Å². The highest BCUT2D eigenvalue weighted by Gasteiger charge is 2.31. The molecule has 12 heavy (non-hydrogen) atoms. The maximum atomic E-state index is 11.3. The maximum absolute atomic E-state index is 11.3. The van der Waals surface area contributed by atoms with Crippen molar-refractivity contribution in [3.05, 3.63) is 11.6 Å². The van der Waals surface area contributed by atoms with E-state index in [9.17, 15) is 9.59 Å². The number of hydrogen-bond donors (Lipinski definition) is 0. The minimum absolute atomic E-state index is 0.0796. The van der Waals surface area contributed by atoms with Gasteiger partial charge in [0.05, 0.1) is 6.42 Å². The van der Waals surface area contributed by atoms with Crippen molar-refractivity contribution in [3.8, 4) is 0 Å². The molecule has 0 aromatic rings. The second-order valence-corrected chi connectivity index (χ2v) is 3.63. The van der Waals surface area contributed by atoms with Crippen LogP contribution in [0.1, 0.15) is 32.1 Å². The molecule has 0 spiro atoms. The van der Waals surface area contributed by atoms with Crippen molar-refractivity contribution in [2.45, 2.75) is 32.1 Å². The summed E-state index contributed by atoms with van der Waals surface area (Å²) in [7, 11) is 0. The van der Waals surface area contributed by atoms with Crippen LogP contribution in [0.3, 0.4) is 0 Å². The number of hydrogen-bond acceptors (Lipinski definition) is 2. The summed E-state index contributed by atoms with van der Waals surface area (Å²) in [4.78, 5) is 22.4. The predicted octanol–water partition coefficient (Wildman–Crippen LogP) is 1.64. The topological polar surface area (TPSA) is 34.1 Å². The van der Waals surface area contributed by atoms with E-state index in [-0.39, 0.29) is 23.9 Å². The van der Waals surface area contributed by atoms with E-state index >= 15 is 0 Å². The Morgan fingerprint density at radius 1 is 1.33 bits per heavy atom. The van der Waals surface area contributed by atoms with E-state index in [1.54, 1.807) is 0 Å². The van der Waals surface area contributed by atoms with Crippen LogP contribution in [0.15, 0.2) is 11.6 Å². The SMILES string of the molecule is O=C1CC(=O)C2=CCCCC2C1. The van der Waals surface area contributed by atoms with Gasteiger partial charge in [-0.05, 0) is 30.8 Å². The van der Waals surface area contributed by atoms with E-state index in [0.29, 0.717) is 6.42 Å². The molecule has 0 aromatic heterocycles. The van der Waals surface area contributed by atoms with E-state index in [0.717, 1.165) is 24.8 Å². The summed E-state index contributed by atoms with van der Waals surface area (Å²) in [6.45, 7) is 0. The van der Waals surface area contributed by atoms with Gasteiger partial charge in [-0.1, -0.05) is 6.08 Å². The third kappa shape index (κ3) is 1.22. The van der Waals surface area contributed by atoms with Crippen LogP contribution in [-0.4, -0.2) is 11.6 Å². The van der Waals surface area contributed by atoms with E-state index in [1.165, 1.54) is 0 Å². The largest absolute Gasteiger partial charge is 0.299 e. The zero-order valence-corrected chi connectivity index (χ0v) is 7.01. The van der Waals surface area contributed by atoms with Crippen molar-refractivity contribution in [3.63, 3.8) is 0 Å². The fraction of sp³-hybridized carbons (Fsp3) is 0.600. The van der Waals surface area contributed by atoms with E-state index < -0.39 is 0 Å². The van der Waals surface area contributed by atoms with Gasteiger partial charge in [0.25, 0.3) is 0 Å². The predicted molar refractivity (Wildman–Crippen MR) is 44.7 cm³/mol. The van der Waals surface area contributed by atoms with E-state index in [4.69, 9.17) is 0 Å². The van der Waals surface area contributed by atoms with E-state index in [2.05, 4.69) is 0 Å². The molecule has 0 amide bonds. The van der Waals surface area contributed by atoms with Gasteiger partial charge in [0.15, 0.2) is 5.78 Å². The molecule has 2 aliphatic rings.